The molecule has 1 saturated carbocycles. The summed E-state index contributed by atoms with van der Waals surface area (Å²) >= 11 is 5.92. The molecule has 1 unspecified atom stereocenters. The summed E-state index contributed by atoms with van der Waals surface area (Å²) in [7, 11) is 0. The summed E-state index contributed by atoms with van der Waals surface area (Å²) in [6, 6.07) is 7.56. The molecule has 1 aliphatic rings. The Balaban J connectivity index is 1.96. The summed E-state index contributed by atoms with van der Waals surface area (Å²) < 4.78 is 1.79. The van der Waals surface area contributed by atoms with Crippen molar-refractivity contribution in [3.63, 3.8) is 0 Å². The molecule has 4 nitrogen and oxygen atoms in total. The highest BCUT2D eigenvalue weighted by atomic mass is 35.5. The van der Waals surface area contributed by atoms with Gasteiger partial charge in [-0.25, -0.2) is 9.67 Å². The molecule has 0 amide bonds. The molecule has 0 bridgehead atoms. The van der Waals surface area contributed by atoms with E-state index in [1.54, 1.807) is 4.68 Å². The summed E-state index contributed by atoms with van der Waals surface area (Å²) in [5.41, 5.74) is 0.976. The minimum atomic E-state index is 0.0567. The lowest BCUT2D eigenvalue weighted by Gasteiger charge is -2.03. The van der Waals surface area contributed by atoms with Gasteiger partial charge in [-0.15, -0.1) is 0 Å². The molecule has 2 aromatic rings. The maximum Gasteiger partial charge on any atom is 0.158 e. The fraction of sp³-hybridized carbons (Fsp3) is 0.467. The third-order valence-corrected chi connectivity index (χ3v) is 4.09. The van der Waals surface area contributed by atoms with Crippen LogP contribution < -0.4 is 0 Å². The smallest absolute Gasteiger partial charge is 0.158 e. The summed E-state index contributed by atoms with van der Waals surface area (Å²) in [5.74, 6) is 2.79. The first-order chi connectivity index (χ1) is 9.69. The number of hydrogen-bond acceptors (Lipinski definition) is 3. The third-order valence-electron chi connectivity index (χ3n) is 3.84. The molecular formula is C15H18ClN3O. The number of rotatable bonds is 5. The molecule has 0 spiro atoms. The molecule has 1 aromatic heterocycles. The number of benzene rings is 1. The third kappa shape index (κ3) is 2.72. The molecule has 1 aliphatic carbocycles. The van der Waals surface area contributed by atoms with Crippen molar-refractivity contribution in [2.24, 2.45) is 5.92 Å². The van der Waals surface area contributed by atoms with Crippen molar-refractivity contribution in [2.75, 3.05) is 6.61 Å². The Hall–Kier alpha value is -1.39. The summed E-state index contributed by atoms with van der Waals surface area (Å²) in [5, 5.41) is 14.5. The zero-order valence-corrected chi connectivity index (χ0v) is 12.2. The fourth-order valence-electron chi connectivity index (χ4n) is 2.42. The lowest BCUT2D eigenvalue weighted by molar-refractivity contribution is 0.269. The van der Waals surface area contributed by atoms with E-state index >= 15 is 0 Å². The van der Waals surface area contributed by atoms with Crippen molar-refractivity contribution < 1.29 is 5.11 Å². The van der Waals surface area contributed by atoms with Crippen LogP contribution in [0, 0.1) is 5.92 Å². The van der Waals surface area contributed by atoms with Crippen LogP contribution in [-0.4, -0.2) is 26.5 Å². The zero-order chi connectivity index (χ0) is 14.1. The van der Waals surface area contributed by atoms with Crippen LogP contribution in [0.3, 0.4) is 0 Å². The van der Waals surface area contributed by atoms with E-state index in [4.69, 9.17) is 11.6 Å². The Morgan fingerprint density at radius 1 is 1.35 bits per heavy atom. The van der Waals surface area contributed by atoms with Crippen LogP contribution in [0.1, 0.15) is 31.5 Å². The minimum Gasteiger partial charge on any atom is -0.394 e. The quantitative estimate of drug-likeness (QED) is 0.921. The maximum atomic E-state index is 9.19. The molecule has 0 aliphatic heterocycles. The van der Waals surface area contributed by atoms with Crippen LogP contribution in [0.5, 0.6) is 0 Å². The number of aliphatic hydroxyl groups is 1. The molecule has 5 heteroatoms. The van der Waals surface area contributed by atoms with Crippen molar-refractivity contribution >= 4 is 11.6 Å². The van der Waals surface area contributed by atoms with Gasteiger partial charge in [0.2, 0.25) is 0 Å². The minimum absolute atomic E-state index is 0.0567. The van der Waals surface area contributed by atoms with Crippen LogP contribution >= 0.6 is 11.6 Å². The first kappa shape index (κ1) is 13.6. The Bertz CT molecular complexity index is 590. The van der Waals surface area contributed by atoms with Gasteiger partial charge in [0.05, 0.1) is 13.2 Å². The van der Waals surface area contributed by atoms with Gasteiger partial charge in [0.15, 0.2) is 11.6 Å². The topological polar surface area (TPSA) is 50.9 Å². The van der Waals surface area contributed by atoms with Gasteiger partial charge in [0.25, 0.3) is 0 Å². The van der Waals surface area contributed by atoms with E-state index in [-0.39, 0.29) is 6.61 Å². The Labute approximate surface area is 123 Å². The molecule has 1 N–H and O–H groups in total. The number of hydrogen-bond donors (Lipinski definition) is 1. The van der Waals surface area contributed by atoms with Crippen LogP contribution in [0.4, 0.5) is 0 Å². The van der Waals surface area contributed by atoms with Gasteiger partial charge in [-0.1, -0.05) is 18.5 Å². The molecule has 1 fully saturated rings. The normalized spacial score (nSPS) is 16.4. The van der Waals surface area contributed by atoms with Crippen molar-refractivity contribution in [1.82, 2.24) is 14.8 Å². The molecule has 0 radical (unpaired) electrons. The van der Waals surface area contributed by atoms with Gasteiger partial charge in [-0.2, -0.15) is 5.10 Å². The Morgan fingerprint density at radius 3 is 2.65 bits per heavy atom. The summed E-state index contributed by atoms with van der Waals surface area (Å²) in [6.07, 6.45) is 2.54. The van der Waals surface area contributed by atoms with Gasteiger partial charge >= 0.3 is 0 Å². The van der Waals surface area contributed by atoms with Crippen LogP contribution in [0.15, 0.2) is 24.3 Å². The number of halogens is 1. The van der Waals surface area contributed by atoms with Gasteiger partial charge in [-0.05, 0) is 43.0 Å². The van der Waals surface area contributed by atoms with E-state index in [1.165, 1.54) is 12.8 Å². The zero-order valence-electron chi connectivity index (χ0n) is 11.5. The Morgan fingerprint density at radius 2 is 2.05 bits per heavy atom. The molecular weight excluding hydrogens is 274 g/mol. The van der Waals surface area contributed by atoms with E-state index in [1.807, 2.05) is 24.3 Å². The predicted molar refractivity (Wildman–Crippen MR) is 78.7 cm³/mol. The van der Waals surface area contributed by atoms with E-state index in [0.717, 1.165) is 23.1 Å². The van der Waals surface area contributed by atoms with E-state index in [2.05, 4.69) is 17.0 Å². The van der Waals surface area contributed by atoms with Crippen LogP contribution in [0.25, 0.3) is 11.4 Å². The average Bonchev–Trinajstić information content (AvgIpc) is 3.21. The molecule has 20 heavy (non-hydrogen) atoms. The predicted octanol–water partition coefficient (Wildman–Crippen LogP) is 3.10. The van der Waals surface area contributed by atoms with Crippen molar-refractivity contribution in [3.8, 4) is 11.4 Å². The standard InChI is InChI=1S/C15H18ClN3O/c1-10(11-2-3-11)14-17-15(19(18-14)8-9-20)12-4-6-13(16)7-5-12/h4-7,10-11,20H,2-3,8-9H2,1H3. The highest BCUT2D eigenvalue weighted by molar-refractivity contribution is 6.30. The van der Waals surface area contributed by atoms with Gasteiger partial charge in [0, 0.05) is 16.5 Å². The number of aromatic nitrogens is 3. The molecule has 3 rings (SSSR count). The van der Waals surface area contributed by atoms with Crippen molar-refractivity contribution in [1.29, 1.82) is 0 Å². The summed E-state index contributed by atoms with van der Waals surface area (Å²) in [6.45, 7) is 2.70. The largest absolute Gasteiger partial charge is 0.394 e. The molecule has 1 aromatic carbocycles. The molecule has 1 heterocycles. The lowest BCUT2D eigenvalue weighted by Crippen LogP contribution is -2.07. The second-order valence-electron chi connectivity index (χ2n) is 5.37. The first-order valence-electron chi connectivity index (χ1n) is 7.00. The van der Waals surface area contributed by atoms with Gasteiger partial charge in [-0.3, -0.25) is 0 Å². The van der Waals surface area contributed by atoms with Crippen LogP contribution in [0.2, 0.25) is 5.02 Å². The lowest BCUT2D eigenvalue weighted by atomic mass is 10.1. The average molecular weight is 292 g/mol. The number of nitrogens with zero attached hydrogens (tertiary/aromatic N) is 3. The molecule has 106 valence electrons. The Kier molecular flexibility index (Phi) is 3.76. The summed E-state index contributed by atoms with van der Waals surface area (Å²) in [4.78, 5) is 4.69. The fourth-order valence-corrected chi connectivity index (χ4v) is 2.55. The van der Waals surface area contributed by atoms with Crippen LogP contribution in [-0.2, 0) is 6.54 Å². The molecule has 1 atom stereocenters. The molecule has 0 saturated heterocycles. The van der Waals surface area contributed by atoms with Crippen molar-refractivity contribution in [2.45, 2.75) is 32.2 Å². The number of aliphatic hydroxyl groups excluding tert-OH is 1. The second-order valence-corrected chi connectivity index (χ2v) is 5.81. The maximum absolute atomic E-state index is 9.19. The van der Waals surface area contributed by atoms with Gasteiger partial charge < -0.3 is 5.11 Å². The first-order valence-corrected chi connectivity index (χ1v) is 7.38. The highest BCUT2D eigenvalue weighted by Gasteiger charge is 2.32. The highest BCUT2D eigenvalue weighted by Crippen LogP contribution is 2.41. The second kappa shape index (κ2) is 5.54. The van der Waals surface area contributed by atoms with E-state index in [9.17, 15) is 5.11 Å². The van der Waals surface area contributed by atoms with E-state index < -0.39 is 0 Å². The van der Waals surface area contributed by atoms with Crippen molar-refractivity contribution in [3.05, 3.63) is 35.1 Å². The monoisotopic (exact) mass is 291 g/mol. The SMILES string of the molecule is CC(c1nc(-c2ccc(Cl)cc2)n(CCO)n1)C1CC1. The van der Waals surface area contributed by atoms with Gasteiger partial charge in [0.1, 0.15) is 0 Å². The van der Waals surface area contributed by atoms with E-state index in [0.29, 0.717) is 17.5 Å².